The molecule has 1 aromatic carbocycles. The van der Waals surface area contributed by atoms with Crippen LogP contribution in [0.4, 0.5) is 5.69 Å². The number of amides is 1. The van der Waals surface area contributed by atoms with Gasteiger partial charge in [0.15, 0.2) is 0 Å². The summed E-state index contributed by atoms with van der Waals surface area (Å²) in [6, 6.07) is 9.69. The predicted octanol–water partition coefficient (Wildman–Crippen LogP) is 1.26. The lowest BCUT2D eigenvalue weighted by Crippen LogP contribution is -2.51. The topological polar surface area (TPSA) is 35.6 Å². The highest BCUT2D eigenvalue weighted by atomic mass is 16.2. The Bertz CT molecular complexity index is 385. The standard InChI is InChI=1S/C14H21N3O/c1-12(15-13-6-4-3-5-7-13)14(18)17-10-8-16(2)9-11-17/h3-7,12,15H,8-11H2,1-2H3. The molecule has 0 aliphatic carbocycles. The number of carbonyl (C=O) groups excluding carboxylic acids is 1. The van der Waals surface area contributed by atoms with Crippen molar-refractivity contribution >= 4 is 11.6 Å². The molecular formula is C14H21N3O. The Morgan fingerprint density at radius 1 is 1.17 bits per heavy atom. The van der Waals surface area contributed by atoms with Gasteiger partial charge in [-0.25, -0.2) is 0 Å². The van der Waals surface area contributed by atoms with Gasteiger partial charge in [0.2, 0.25) is 5.91 Å². The second-order valence-corrected chi connectivity index (χ2v) is 4.86. The van der Waals surface area contributed by atoms with Crippen LogP contribution in [0.5, 0.6) is 0 Å². The van der Waals surface area contributed by atoms with E-state index in [0.29, 0.717) is 0 Å². The van der Waals surface area contributed by atoms with E-state index >= 15 is 0 Å². The fraction of sp³-hybridized carbons (Fsp3) is 0.500. The Balaban J connectivity index is 1.89. The van der Waals surface area contributed by atoms with Crippen molar-refractivity contribution in [3.8, 4) is 0 Å². The molecular weight excluding hydrogens is 226 g/mol. The number of hydrogen-bond acceptors (Lipinski definition) is 3. The van der Waals surface area contributed by atoms with Gasteiger partial charge in [-0.3, -0.25) is 4.79 Å². The monoisotopic (exact) mass is 247 g/mol. The number of para-hydroxylation sites is 1. The van der Waals surface area contributed by atoms with Gasteiger partial charge >= 0.3 is 0 Å². The lowest BCUT2D eigenvalue weighted by atomic mass is 10.2. The minimum absolute atomic E-state index is 0.171. The average molecular weight is 247 g/mol. The highest BCUT2D eigenvalue weighted by Crippen LogP contribution is 2.09. The molecule has 1 aliphatic heterocycles. The van der Waals surface area contributed by atoms with Gasteiger partial charge in [0.1, 0.15) is 6.04 Å². The average Bonchev–Trinajstić information content (AvgIpc) is 2.40. The molecule has 1 fully saturated rings. The Morgan fingerprint density at radius 3 is 2.39 bits per heavy atom. The Hall–Kier alpha value is -1.55. The van der Waals surface area contributed by atoms with Crippen LogP contribution in [0.3, 0.4) is 0 Å². The first-order valence-corrected chi connectivity index (χ1v) is 6.46. The third kappa shape index (κ3) is 3.23. The highest BCUT2D eigenvalue weighted by Gasteiger charge is 2.23. The van der Waals surface area contributed by atoms with E-state index < -0.39 is 0 Å². The largest absolute Gasteiger partial charge is 0.374 e. The number of anilines is 1. The van der Waals surface area contributed by atoms with Crippen LogP contribution in [0.1, 0.15) is 6.92 Å². The summed E-state index contributed by atoms with van der Waals surface area (Å²) in [5.74, 6) is 0.187. The normalized spacial score (nSPS) is 18.4. The summed E-state index contributed by atoms with van der Waals surface area (Å²) in [5.41, 5.74) is 0.993. The van der Waals surface area contributed by atoms with E-state index in [1.165, 1.54) is 0 Å². The summed E-state index contributed by atoms with van der Waals surface area (Å²) in [5, 5.41) is 3.25. The molecule has 2 rings (SSSR count). The Morgan fingerprint density at radius 2 is 1.78 bits per heavy atom. The summed E-state index contributed by atoms with van der Waals surface area (Å²) in [6.07, 6.45) is 0. The van der Waals surface area contributed by atoms with E-state index in [2.05, 4.69) is 17.3 Å². The smallest absolute Gasteiger partial charge is 0.244 e. The van der Waals surface area contributed by atoms with Crippen molar-refractivity contribution < 1.29 is 4.79 Å². The number of rotatable bonds is 3. The molecule has 98 valence electrons. The molecule has 1 atom stereocenters. The van der Waals surface area contributed by atoms with Crippen LogP contribution in [-0.4, -0.2) is 55.0 Å². The van der Waals surface area contributed by atoms with E-state index in [-0.39, 0.29) is 11.9 Å². The molecule has 1 heterocycles. The molecule has 0 bridgehead atoms. The zero-order valence-electron chi connectivity index (χ0n) is 11.1. The van der Waals surface area contributed by atoms with Crippen LogP contribution in [0.2, 0.25) is 0 Å². The molecule has 18 heavy (non-hydrogen) atoms. The first-order chi connectivity index (χ1) is 8.66. The van der Waals surface area contributed by atoms with Gasteiger partial charge in [-0.1, -0.05) is 18.2 Å². The van der Waals surface area contributed by atoms with E-state index in [1.807, 2.05) is 42.2 Å². The van der Waals surface area contributed by atoms with Gasteiger partial charge in [-0.15, -0.1) is 0 Å². The van der Waals surface area contributed by atoms with Crippen molar-refractivity contribution in [2.75, 3.05) is 38.5 Å². The summed E-state index contributed by atoms with van der Waals surface area (Å²) < 4.78 is 0. The number of piperazine rings is 1. The number of nitrogens with one attached hydrogen (secondary N) is 1. The van der Waals surface area contributed by atoms with Gasteiger partial charge < -0.3 is 15.1 Å². The van der Waals surface area contributed by atoms with Crippen molar-refractivity contribution in [2.24, 2.45) is 0 Å². The maximum absolute atomic E-state index is 12.3. The van der Waals surface area contributed by atoms with E-state index in [9.17, 15) is 4.79 Å². The van der Waals surface area contributed by atoms with Gasteiger partial charge in [-0.05, 0) is 26.1 Å². The lowest BCUT2D eigenvalue weighted by molar-refractivity contribution is -0.133. The SMILES string of the molecule is CC(Nc1ccccc1)C(=O)N1CCN(C)CC1. The number of nitrogens with zero attached hydrogens (tertiary/aromatic N) is 2. The second kappa shape index (κ2) is 5.87. The number of likely N-dealkylation sites (N-methyl/N-ethyl adjacent to an activating group) is 1. The summed E-state index contributed by atoms with van der Waals surface area (Å²) >= 11 is 0. The molecule has 1 aliphatic rings. The highest BCUT2D eigenvalue weighted by molar-refractivity contribution is 5.84. The molecule has 1 amide bonds. The van der Waals surface area contributed by atoms with Crippen molar-refractivity contribution in [3.63, 3.8) is 0 Å². The Kier molecular flexibility index (Phi) is 4.20. The molecule has 4 nitrogen and oxygen atoms in total. The maximum Gasteiger partial charge on any atom is 0.244 e. The molecule has 4 heteroatoms. The molecule has 1 N–H and O–H groups in total. The minimum Gasteiger partial charge on any atom is -0.374 e. The summed E-state index contributed by atoms with van der Waals surface area (Å²) in [7, 11) is 2.09. The zero-order chi connectivity index (χ0) is 13.0. The van der Waals surface area contributed by atoms with Crippen LogP contribution >= 0.6 is 0 Å². The van der Waals surface area contributed by atoms with Gasteiger partial charge in [0, 0.05) is 31.9 Å². The molecule has 1 unspecified atom stereocenters. The molecule has 0 spiro atoms. The van der Waals surface area contributed by atoms with Crippen molar-refractivity contribution in [1.82, 2.24) is 9.80 Å². The predicted molar refractivity (Wildman–Crippen MR) is 73.6 cm³/mol. The first-order valence-electron chi connectivity index (χ1n) is 6.46. The van der Waals surface area contributed by atoms with Crippen LogP contribution in [0, 0.1) is 0 Å². The van der Waals surface area contributed by atoms with Crippen molar-refractivity contribution in [2.45, 2.75) is 13.0 Å². The lowest BCUT2D eigenvalue weighted by Gasteiger charge is -2.34. The fourth-order valence-corrected chi connectivity index (χ4v) is 2.15. The minimum atomic E-state index is -0.171. The van der Waals surface area contributed by atoms with E-state index in [4.69, 9.17) is 0 Å². The molecule has 1 saturated heterocycles. The van der Waals surface area contributed by atoms with Crippen LogP contribution in [0.25, 0.3) is 0 Å². The molecule has 0 saturated carbocycles. The zero-order valence-corrected chi connectivity index (χ0v) is 11.1. The molecule has 1 aromatic rings. The number of hydrogen-bond donors (Lipinski definition) is 1. The molecule has 0 radical (unpaired) electrons. The van der Waals surface area contributed by atoms with Gasteiger partial charge in [-0.2, -0.15) is 0 Å². The quantitative estimate of drug-likeness (QED) is 0.873. The van der Waals surface area contributed by atoms with Crippen LogP contribution in [-0.2, 0) is 4.79 Å². The van der Waals surface area contributed by atoms with Crippen LogP contribution < -0.4 is 5.32 Å². The van der Waals surface area contributed by atoms with Crippen LogP contribution in [0.15, 0.2) is 30.3 Å². The second-order valence-electron chi connectivity index (χ2n) is 4.86. The maximum atomic E-state index is 12.3. The first kappa shape index (κ1) is 12.9. The van der Waals surface area contributed by atoms with Gasteiger partial charge in [0.05, 0.1) is 0 Å². The third-order valence-electron chi connectivity index (χ3n) is 3.34. The van der Waals surface area contributed by atoms with Crippen molar-refractivity contribution in [1.29, 1.82) is 0 Å². The number of carbonyl (C=O) groups is 1. The van der Waals surface area contributed by atoms with Crippen molar-refractivity contribution in [3.05, 3.63) is 30.3 Å². The van der Waals surface area contributed by atoms with E-state index in [0.717, 1.165) is 31.9 Å². The Labute approximate surface area is 109 Å². The third-order valence-corrected chi connectivity index (χ3v) is 3.34. The summed E-state index contributed by atoms with van der Waals surface area (Å²) in [4.78, 5) is 16.4. The molecule has 0 aromatic heterocycles. The van der Waals surface area contributed by atoms with Gasteiger partial charge in [0.25, 0.3) is 0 Å². The fourth-order valence-electron chi connectivity index (χ4n) is 2.15. The summed E-state index contributed by atoms with van der Waals surface area (Å²) in [6.45, 7) is 5.51. The number of benzene rings is 1. The van der Waals surface area contributed by atoms with E-state index in [1.54, 1.807) is 0 Å².